The van der Waals surface area contributed by atoms with Crippen molar-refractivity contribution in [3.05, 3.63) is 18.1 Å². The van der Waals surface area contributed by atoms with Crippen molar-refractivity contribution in [3.63, 3.8) is 0 Å². The van der Waals surface area contributed by atoms with Gasteiger partial charge < -0.3 is 15.7 Å². The van der Waals surface area contributed by atoms with Crippen molar-refractivity contribution in [1.29, 1.82) is 0 Å². The van der Waals surface area contributed by atoms with E-state index < -0.39 is 5.60 Å². The Kier molecular flexibility index (Phi) is 4.04. The van der Waals surface area contributed by atoms with Gasteiger partial charge in [-0.15, -0.1) is 0 Å². The number of aliphatic hydroxyl groups is 1. The summed E-state index contributed by atoms with van der Waals surface area (Å²) in [6.07, 6.45) is 8.71. The second-order valence-corrected chi connectivity index (χ2v) is 6.74. The van der Waals surface area contributed by atoms with Crippen molar-refractivity contribution in [2.75, 3.05) is 12.3 Å². The topological polar surface area (TPSA) is 92.3 Å². The molecule has 2 heterocycles. The molecule has 1 aromatic heterocycles. The van der Waals surface area contributed by atoms with E-state index in [1.807, 2.05) is 11.8 Å². The molecule has 6 nitrogen and oxygen atoms in total. The van der Waals surface area contributed by atoms with E-state index in [-0.39, 0.29) is 23.7 Å². The largest absolute Gasteiger partial charge is 0.390 e. The monoisotopic (exact) mass is 304 g/mol. The third kappa shape index (κ3) is 2.67. The van der Waals surface area contributed by atoms with E-state index in [0.29, 0.717) is 12.1 Å². The van der Waals surface area contributed by atoms with Crippen LogP contribution in [0.3, 0.4) is 0 Å². The molecule has 1 saturated heterocycles. The highest BCUT2D eigenvalue weighted by Crippen LogP contribution is 2.41. The zero-order chi connectivity index (χ0) is 15.7. The molecule has 1 amide bonds. The number of anilines is 1. The van der Waals surface area contributed by atoms with E-state index in [4.69, 9.17) is 5.73 Å². The zero-order valence-corrected chi connectivity index (χ0v) is 13.0. The number of carbonyl (C=O) groups is 1. The number of aromatic nitrogens is 2. The SMILES string of the molecule is C[C@]1(O)CCCC[C@@H]1[C@@H]1CCCN1C(=O)c1cncnc1N. The first-order valence-corrected chi connectivity index (χ1v) is 8.09. The van der Waals surface area contributed by atoms with Gasteiger partial charge in [0, 0.05) is 24.7 Å². The number of nitrogens with zero attached hydrogens (tertiary/aromatic N) is 3. The summed E-state index contributed by atoms with van der Waals surface area (Å²) in [5, 5.41) is 10.7. The average molecular weight is 304 g/mol. The maximum absolute atomic E-state index is 12.8. The van der Waals surface area contributed by atoms with E-state index in [1.165, 1.54) is 12.5 Å². The van der Waals surface area contributed by atoms with Gasteiger partial charge >= 0.3 is 0 Å². The Hall–Kier alpha value is -1.69. The molecule has 2 aliphatic rings. The van der Waals surface area contributed by atoms with Gasteiger partial charge in [-0.25, -0.2) is 9.97 Å². The van der Waals surface area contributed by atoms with E-state index in [9.17, 15) is 9.90 Å². The number of amides is 1. The van der Waals surface area contributed by atoms with Gasteiger partial charge in [0.15, 0.2) is 0 Å². The molecule has 0 aromatic carbocycles. The predicted molar refractivity (Wildman–Crippen MR) is 83.1 cm³/mol. The van der Waals surface area contributed by atoms with Gasteiger partial charge in [-0.1, -0.05) is 12.8 Å². The predicted octanol–water partition coefficient (Wildman–Crippen LogP) is 1.60. The first-order chi connectivity index (χ1) is 10.5. The van der Waals surface area contributed by atoms with Crippen LogP contribution in [-0.2, 0) is 0 Å². The standard InChI is InChI=1S/C16H24N4O2/c1-16(22)7-3-2-5-12(16)13-6-4-8-20(13)15(21)11-9-18-10-19-14(11)17/h9-10,12-13,22H,2-8H2,1H3,(H2,17,18,19)/t12-,13+,16+/m1/s1. The van der Waals surface area contributed by atoms with Crippen LogP contribution in [0, 0.1) is 5.92 Å². The van der Waals surface area contributed by atoms with Gasteiger partial charge in [-0.2, -0.15) is 0 Å². The molecule has 1 aromatic rings. The summed E-state index contributed by atoms with van der Waals surface area (Å²) in [6.45, 7) is 2.63. The maximum atomic E-state index is 12.8. The van der Waals surface area contributed by atoms with E-state index in [1.54, 1.807) is 0 Å². The average Bonchev–Trinajstić information content (AvgIpc) is 2.95. The van der Waals surface area contributed by atoms with Crippen molar-refractivity contribution in [2.24, 2.45) is 5.92 Å². The zero-order valence-electron chi connectivity index (χ0n) is 13.0. The molecule has 3 atom stereocenters. The Balaban J connectivity index is 1.84. The lowest BCUT2D eigenvalue weighted by Gasteiger charge is -2.43. The minimum atomic E-state index is -0.690. The van der Waals surface area contributed by atoms with Crippen LogP contribution in [0.25, 0.3) is 0 Å². The lowest BCUT2D eigenvalue weighted by molar-refractivity contribution is -0.0577. The molecule has 1 aliphatic heterocycles. The molecule has 1 aliphatic carbocycles. The molecule has 0 bridgehead atoms. The smallest absolute Gasteiger partial charge is 0.259 e. The van der Waals surface area contributed by atoms with Crippen LogP contribution >= 0.6 is 0 Å². The van der Waals surface area contributed by atoms with Crippen LogP contribution in [0.4, 0.5) is 5.82 Å². The lowest BCUT2D eigenvalue weighted by Crippen LogP contribution is -2.50. The normalized spacial score (nSPS) is 32.2. The molecule has 1 saturated carbocycles. The fourth-order valence-corrected chi connectivity index (χ4v) is 4.07. The number of nitrogen functional groups attached to an aromatic ring is 1. The fourth-order valence-electron chi connectivity index (χ4n) is 4.07. The molecular weight excluding hydrogens is 280 g/mol. The number of hydrogen-bond acceptors (Lipinski definition) is 5. The maximum Gasteiger partial charge on any atom is 0.259 e. The number of carbonyl (C=O) groups excluding carboxylic acids is 1. The second kappa shape index (κ2) is 5.83. The molecule has 3 N–H and O–H groups in total. The summed E-state index contributed by atoms with van der Waals surface area (Å²) in [7, 11) is 0. The highest BCUT2D eigenvalue weighted by atomic mass is 16.3. The van der Waals surface area contributed by atoms with E-state index in [0.717, 1.165) is 38.5 Å². The highest BCUT2D eigenvalue weighted by Gasteiger charge is 2.45. The first-order valence-electron chi connectivity index (χ1n) is 8.09. The number of likely N-dealkylation sites (tertiary alicyclic amines) is 1. The van der Waals surface area contributed by atoms with Gasteiger partial charge in [-0.05, 0) is 32.6 Å². The van der Waals surface area contributed by atoms with Crippen molar-refractivity contribution < 1.29 is 9.90 Å². The minimum Gasteiger partial charge on any atom is -0.390 e. The van der Waals surface area contributed by atoms with Gasteiger partial charge in [-0.3, -0.25) is 4.79 Å². The van der Waals surface area contributed by atoms with E-state index >= 15 is 0 Å². The van der Waals surface area contributed by atoms with Gasteiger partial charge in [0.25, 0.3) is 5.91 Å². The molecular formula is C16H24N4O2. The molecule has 3 rings (SSSR count). The van der Waals surface area contributed by atoms with Crippen molar-refractivity contribution in [3.8, 4) is 0 Å². The Labute approximate surface area is 130 Å². The summed E-state index contributed by atoms with van der Waals surface area (Å²) in [5.74, 6) is 0.251. The van der Waals surface area contributed by atoms with Crippen LogP contribution in [-0.4, -0.2) is 44.1 Å². The van der Waals surface area contributed by atoms with Crippen molar-refractivity contribution in [2.45, 2.75) is 57.1 Å². The van der Waals surface area contributed by atoms with Crippen molar-refractivity contribution in [1.82, 2.24) is 14.9 Å². The van der Waals surface area contributed by atoms with Gasteiger partial charge in [0.05, 0.1) is 5.60 Å². The fraction of sp³-hybridized carbons (Fsp3) is 0.688. The third-order valence-electron chi connectivity index (χ3n) is 5.24. The van der Waals surface area contributed by atoms with Crippen LogP contribution in [0.15, 0.2) is 12.5 Å². The number of rotatable bonds is 2. The third-order valence-corrected chi connectivity index (χ3v) is 5.24. The summed E-state index contributed by atoms with van der Waals surface area (Å²) in [4.78, 5) is 22.5. The summed E-state index contributed by atoms with van der Waals surface area (Å²) in [6, 6.07) is 0.0856. The van der Waals surface area contributed by atoms with E-state index in [2.05, 4.69) is 9.97 Å². The summed E-state index contributed by atoms with van der Waals surface area (Å²) in [5.41, 5.74) is 5.49. The molecule has 22 heavy (non-hydrogen) atoms. The molecule has 120 valence electrons. The molecule has 6 heteroatoms. The van der Waals surface area contributed by atoms with Crippen molar-refractivity contribution >= 4 is 11.7 Å². The van der Waals surface area contributed by atoms with Crippen LogP contribution in [0.5, 0.6) is 0 Å². The Morgan fingerprint density at radius 2 is 2.23 bits per heavy atom. The van der Waals surface area contributed by atoms with Crippen LogP contribution in [0.2, 0.25) is 0 Å². The van der Waals surface area contributed by atoms with Crippen LogP contribution < -0.4 is 5.73 Å². The Morgan fingerprint density at radius 3 is 2.95 bits per heavy atom. The molecule has 0 unspecified atom stereocenters. The summed E-state index contributed by atoms with van der Waals surface area (Å²) >= 11 is 0. The van der Waals surface area contributed by atoms with Gasteiger partial charge in [0.1, 0.15) is 17.7 Å². The summed E-state index contributed by atoms with van der Waals surface area (Å²) < 4.78 is 0. The number of hydrogen-bond donors (Lipinski definition) is 2. The quantitative estimate of drug-likeness (QED) is 0.866. The highest BCUT2D eigenvalue weighted by molar-refractivity contribution is 5.98. The Bertz CT molecular complexity index is 561. The molecule has 0 spiro atoms. The Morgan fingerprint density at radius 1 is 1.41 bits per heavy atom. The van der Waals surface area contributed by atoms with Crippen LogP contribution in [0.1, 0.15) is 55.8 Å². The first kappa shape index (κ1) is 15.2. The lowest BCUT2D eigenvalue weighted by atomic mass is 9.72. The minimum absolute atomic E-state index is 0.0856. The van der Waals surface area contributed by atoms with Gasteiger partial charge in [0.2, 0.25) is 0 Å². The second-order valence-electron chi connectivity index (χ2n) is 6.74. The molecule has 2 fully saturated rings. The number of nitrogens with two attached hydrogens (primary N) is 1. The molecule has 0 radical (unpaired) electrons.